The van der Waals surface area contributed by atoms with E-state index in [0.717, 1.165) is 22.5 Å². The number of hydrogen-bond donors (Lipinski definition) is 1. The van der Waals surface area contributed by atoms with Crippen LogP contribution >= 0.6 is 0 Å². The Hall–Kier alpha value is -3.19. The summed E-state index contributed by atoms with van der Waals surface area (Å²) in [6, 6.07) is 16.7. The summed E-state index contributed by atoms with van der Waals surface area (Å²) in [7, 11) is -3.64. The first-order chi connectivity index (χ1) is 13.4. The lowest BCUT2D eigenvalue weighted by molar-refractivity contribution is 0.600. The number of pyridine rings is 1. The van der Waals surface area contributed by atoms with Crippen LogP contribution in [0.3, 0.4) is 0 Å². The lowest BCUT2D eigenvalue weighted by atomic mass is 10.1. The Morgan fingerprint density at radius 1 is 1.07 bits per heavy atom. The highest BCUT2D eigenvalue weighted by Crippen LogP contribution is 2.26. The van der Waals surface area contributed by atoms with Crippen molar-refractivity contribution >= 4 is 21.4 Å². The predicted octanol–water partition coefficient (Wildman–Crippen LogP) is 4.39. The minimum Gasteiger partial charge on any atom is -0.306 e. The molecule has 28 heavy (non-hydrogen) atoms. The van der Waals surface area contributed by atoms with Gasteiger partial charge in [0.2, 0.25) is 10.0 Å². The van der Waals surface area contributed by atoms with Crippen molar-refractivity contribution in [1.29, 1.82) is 0 Å². The van der Waals surface area contributed by atoms with Crippen molar-refractivity contribution in [2.45, 2.75) is 12.7 Å². The van der Waals surface area contributed by atoms with Crippen LogP contribution < -0.4 is 4.72 Å². The Kier molecular flexibility index (Phi) is 4.60. The van der Waals surface area contributed by atoms with Gasteiger partial charge in [0, 0.05) is 18.0 Å². The van der Waals surface area contributed by atoms with Gasteiger partial charge < -0.3 is 4.40 Å². The van der Waals surface area contributed by atoms with E-state index in [-0.39, 0.29) is 5.75 Å². The van der Waals surface area contributed by atoms with E-state index in [2.05, 4.69) is 9.71 Å². The molecule has 0 amide bonds. The van der Waals surface area contributed by atoms with E-state index in [1.165, 1.54) is 24.3 Å². The summed E-state index contributed by atoms with van der Waals surface area (Å²) in [5, 5.41) is 0. The SMILES string of the molecule is Cc1ccc(-c2cn3ccccc3n2)cc1NS(=O)(=O)Cc1ccc(F)cc1. The van der Waals surface area contributed by atoms with E-state index in [1.54, 1.807) is 6.07 Å². The number of fused-ring (bicyclic) bond motifs is 1. The van der Waals surface area contributed by atoms with Crippen LogP contribution in [0.4, 0.5) is 10.1 Å². The first-order valence-electron chi connectivity index (χ1n) is 8.69. The van der Waals surface area contributed by atoms with E-state index < -0.39 is 15.8 Å². The Bertz CT molecular complexity index is 1220. The maximum absolute atomic E-state index is 13.0. The smallest absolute Gasteiger partial charge is 0.236 e. The molecule has 0 aliphatic rings. The summed E-state index contributed by atoms with van der Waals surface area (Å²) in [4.78, 5) is 4.58. The van der Waals surface area contributed by atoms with Crippen LogP contribution in [0.15, 0.2) is 73.1 Å². The molecule has 1 N–H and O–H groups in total. The fourth-order valence-electron chi connectivity index (χ4n) is 2.97. The molecule has 4 aromatic rings. The van der Waals surface area contributed by atoms with Gasteiger partial charge in [-0.1, -0.05) is 30.3 Å². The summed E-state index contributed by atoms with van der Waals surface area (Å²) in [5.41, 5.74) is 4.20. The third-order valence-electron chi connectivity index (χ3n) is 4.43. The molecule has 0 saturated heterocycles. The number of nitrogens with one attached hydrogen (secondary N) is 1. The molecule has 0 fully saturated rings. The topological polar surface area (TPSA) is 63.5 Å². The predicted molar refractivity (Wildman–Crippen MR) is 108 cm³/mol. The molecule has 0 bridgehead atoms. The molecule has 0 aliphatic carbocycles. The van der Waals surface area contributed by atoms with Crippen molar-refractivity contribution in [3.05, 3.63) is 90.0 Å². The van der Waals surface area contributed by atoms with Gasteiger partial charge in [-0.2, -0.15) is 0 Å². The van der Waals surface area contributed by atoms with Crippen LogP contribution in [0.5, 0.6) is 0 Å². The average molecular weight is 395 g/mol. The zero-order valence-corrected chi connectivity index (χ0v) is 15.9. The zero-order chi connectivity index (χ0) is 19.7. The summed E-state index contributed by atoms with van der Waals surface area (Å²) in [6.45, 7) is 1.84. The highest BCUT2D eigenvalue weighted by molar-refractivity contribution is 7.91. The maximum Gasteiger partial charge on any atom is 0.236 e. The molecule has 5 nitrogen and oxygen atoms in total. The lowest BCUT2D eigenvalue weighted by Crippen LogP contribution is -2.15. The molecule has 0 spiro atoms. The number of imidazole rings is 1. The van der Waals surface area contributed by atoms with Gasteiger partial charge in [0.25, 0.3) is 0 Å². The number of benzene rings is 2. The van der Waals surface area contributed by atoms with Gasteiger partial charge in [-0.3, -0.25) is 4.72 Å². The standard InChI is InChI=1S/C21H18FN3O2S/c1-15-5-8-17(20-13-25-11-3-2-4-21(25)23-20)12-19(15)24-28(26,27)14-16-6-9-18(22)10-7-16/h2-13,24H,14H2,1H3. The lowest BCUT2D eigenvalue weighted by Gasteiger charge is -2.12. The van der Waals surface area contributed by atoms with E-state index in [4.69, 9.17) is 0 Å². The first kappa shape index (κ1) is 18.2. The summed E-state index contributed by atoms with van der Waals surface area (Å²) >= 11 is 0. The Morgan fingerprint density at radius 3 is 2.61 bits per heavy atom. The summed E-state index contributed by atoms with van der Waals surface area (Å²) in [6.07, 6.45) is 3.81. The third kappa shape index (κ3) is 3.89. The quantitative estimate of drug-likeness (QED) is 0.545. The van der Waals surface area contributed by atoms with Crippen LogP contribution in [-0.4, -0.2) is 17.8 Å². The van der Waals surface area contributed by atoms with Gasteiger partial charge in [0.1, 0.15) is 11.5 Å². The van der Waals surface area contributed by atoms with E-state index in [9.17, 15) is 12.8 Å². The molecular formula is C21H18FN3O2S. The molecule has 0 saturated carbocycles. The molecule has 0 atom stereocenters. The first-order valence-corrected chi connectivity index (χ1v) is 10.3. The number of halogens is 1. The fourth-order valence-corrected chi connectivity index (χ4v) is 4.23. The molecule has 142 valence electrons. The number of aryl methyl sites for hydroxylation is 1. The number of hydrogen-bond acceptors (Lipinski definition) is 3. The molecule has 2 aromatic carbocycles. The maximum atomic E-state index is 13.0. The second-order valence-corrected chi connectivity index (χ2v) is 8.33. The van der Waals surface area contributed by atoms with Crippen molar-refractivity contribution in [1.82, 2.24) is 9.38 Å². The fraction of sp³-hybridized carbons (Fsp3) is 0.0952. The van der Waals surface area contributed by atoms with Gasteiger partial charge in [-0.15, -0.1) is 0 Å². The van der Waals surface area contributed by atoms with Crippen molar-refractivity contribution in [2.75, 3.05) is 4.72 Å². The minimum absolute atomic E-state index is 0.231. The molecule has 7 heteroatoms. The molecule has 0 aliphatic heterocycles. The summed E-state index contributed by atoms with van der Waals surface area (Å²) in [5.74, 6) is -0.629. The Morgan fingerprint density at radius 2 is 1.86 bits per heavy atom. The van der Waals surface area contributed by atoms with Crippen molar-refractivity contribution < 1.29 is 12.8 Å². The van der Waals surface area contributed by atoms with Crippen LogP contribution in [0.1, 0.15) is 11.1 Å². The largest absolute Gasteiger partial charge is 0.306 e. The van der Waals surface area contributed by atoms with Gasteiger partial charge in [-0.05, 0) is 48.4 Å². The van der Waals surface area contributed by atoms with Crippen LogP contribution in [0.25, 0.3) is 16.9 Å². The molecule has 0 radical (unpaired) electrons. The molecule has 2 aromatic heterocycles. The third-order valence-corrected chi connectivity index (χ3v) is 5.68. The number of aromatic nitrogens is 2. The number of anilines is 1. The minimum atomic E-state index is -3.64. The van der Waals surface area contributed by atoms with Crippen LogP contribution in [0.2, 0.25) is 0 Å². The van der Waals surface area contributed by atoms with Gasteiger partial charge >= 0.3 is 0 Å². The monoisotopic (exact) mass is 395 g/mol. The van der Waals surface area contributed by atoms with Crippen molar-refractivity contribution in [3.63, 3.8) is 0 Å². The highest BCUT2D eigenvalue weighted by Gasteiger charge is 2.15. The molecular weight excluding hydrogens is 377 g/mol. The van der Waals surface area contributed by atoms with E-state index in [1.807, 2.05) is 54.0 Å². The van der Waals surface area contributed by atoms with E-state index >= 15 is 0 Å². The Balaban J connectivity index is 1.62. The van der Waals surface area contributed by atoms with Gasteiger partial charge in [-0.25, -0.2) is 17.8 Å². The van der Waals surface area contributed by atoms with Gasteiger partial charge in [0.15, 0.2) is 0 Å². The number of nitrogens with zero attached hydrogens (tertiary/aromatic N) is 2. The molecule has 4 rings (SSSR count). The normalized spacial score (nSPS) is 11.6. The van der Waals surface area contributed by atoms with E-state index in [0.29, 0.717) is 11.3 Å². The van der Waals surface area contributed by atoms with Gasteiger partial charge in [0.05, 0.1) is 17.1 Å². The molecule has 2 heterocycles. The van der Waals surface area contributed by atoms with Crippen LogP contribution in [0, 0.1) is 12.7 Å². The zero-order valence-electron chi connectivity index (χ0n) is 15.1. The van der Waals surface area contributed by atoms with Crippen LogP contribution in [-0.2, 0) is 15.8 Å². The van der Waals surface area contributed by atoms with Crippen molar-refractivity contribution in [2.24, 2.45) is 0 Å². The summed E-state index contributed by atoms with van der Waals surface area (Å²) < 4.78 is 42.7. The number of sulfonamides is 1. The Labute approximate surface area is 162 Å². The second kappa shape index (κ2) is 7.09. The second-order valence-electron chi connectivity index (χ2n) is 6.61. The van der Waals surface area contributed by atoms with Crippen molar-refractivity contribution in [3.8, 4) is 11.3 Å². The highest BCUT2D eigenvalue weighted by atomic mass is 32.2. The molecule has 0 unspecified atom stereocenters. The number of rotatable bonds is 5. The average Bonchev–Trinajstić information content (AvgIpc) is 3.09.